The van der Waals surface area contributed by atoms with Gasteiger partial charge in [-0.25, -0.2) is 0 Å². The second-order valence-electron chi connectivity index (χ2n) is 5.64. The summed E-state index contributed by atoms with van der Waals surface area (Å²) in [4.78, 5) is 14.7. The Balaban J connectivity index is 2.48. The summed E-state index contributed by atoms with van der Waals surface area (Å²) in [6.07, 6.45) is 4.98. The molecule has 1 atom stereocenters. The molecule has 0 aromatic rings. The third-order valence-electron chi connectivity index (χ3n) is 4.21. The summed E-state index contributed by atoms with van der Waals surface area (Å²) in [5, 5.41) is 12.3. The minimum absolute atomic E-state index is 0.107. The number of hydrogen-bond donors (Lipinski definition) is 1. The van der Waals surface area contributed by atoms with E-state index in [1.165, 1.54) is 19.3 Å². The Kier molecular flexibility index (Phi) is 6.30. The number of nitrogens with one attached hydrogen (secondary N) is 1. The molecule has 0 aromatic carbocycles. The molecule has 108 valence electrons. The highest BCUT2D eigenvalue weighted by Crippen LogP contribution is 2.25. The lowest BCUT2D eigenvalue weighted by Crippen LogP contribution is -2.48. The average Bonchev–Trinajstić information content (AvgIpc) is 2.42. The van der Waals surface area contributed by atoms with Gasteiger partial charge >= 0.3 is 0 Å². The van der Waals surface area contributed by atoms with Gasteiger partial charge in [-0.2, -0.15) is 5.26 Å². The Bertz CT molecular complexity index is 325. The molecule has 0 radical (unpaired) electrons. The molecule has 1 saturated heterocycles. The highest BCUT2D eigenvalue weighted by Gasteiger charge is 2.35. The van der Waals surface area contributed by atoms with Crippen LogP contribution in [0.1, 0.15) is 52.9 Å². The van der Waals surface area contributed by atoms with Gasteiger partial charge in [0.2, 0.25) is 5.91 Å². The van der Waals surface area contributed by atoms with Gasteiger partial charge in [0, 0.05) is 12.6 Å². The van der Waals surface area contributed by atoms with Crippen molar-refractivity contribution in [1.82, 2.24) is 10.2 Å². The van der Waals surface area contributed by atoms with E-state index in [0.29, 0.717) is 12.8 Å². The molecule has 1 aliphatic rings. The lowest BCUT2D eigenvalue weighted by molar-refractivity contribution is -0.129. The first-order valence-electron chi connectivity index (χ1n) is 7.52. The van der Waals surface area contributed by atoms with Crippen molar-refractivity contribution in [2.75, 3.05) is 19.6 Å². The number of carbonyl (C=O) groups excluding carboxylic acids is 1. The van der Waals surface area contributed by atoms with Gasteiger partial charge in [0.05, 0.1) is 6.07 Å². The first-order valence-corrected chi connectivity index (χ1v) is 7.52. The Morgan fingerprint density at radius 1 is 1.32 bits per heavy atom. The molecule has 1 fully saturated rings. The molecule has 1 amide bonds. The van der Waals surface area contributed by atoms with Crippen molar-refractivity contribution in [3.05, 3.63) is 0 Å². The molecule has 0 aliphatic carbocycles. The fraction of sp³-hybridized carbons (Fsp3) is 0.867. The maximum absolute atomic E-state index is 12.3. The van der Waals surface area contributed by atoms with E-state index in [1.807, 2.05) is 20.8 Å². The summed E-state index contributed by atoms with van der Waals surface area (Å²) in [5.74, 6) is -0.107. The topological polar surface area (TPSA) is 56.1 Å². The lowest BCUT2D eigenvalue weighted by atomic mass is 9.83. The van der Waals surface area contributed by atoms with Crippen molar-refractivity contribution in [2.45, 2.75) is 58.9 Å². The highest BCUT2D eigenvalue weighted by atomic mass is 16.2. The lowest BCUT2D eigenvalue weighted by Gasteiger charge is -2.31. The van der Waals surface area contributed by atoms with Crippen LogP contribution in [0.2, 0.25) is 0 Å². The molecule has 1 unspecified atom stereocenters. The summed E-state index contributed by atoms with van der Waals surface area (Å²) >= 11 is 0. The Hall–Kier alpha value is -1.08. The molecule has 1 rings (SSSR count). The third-order valence-corrected chi connectivity index (χ3v) is 4.21. The quantitative estimate of drug-likeness (QED) is 0.801. The Morgan fingerprint density at radius 3 is 2.37 bits per heavy atom. The predicted molar refractivity (Wildman–Crippen MR) is 76.5 cm³/mol. The molecule has 1 heterocycles. The number of carbonyl (C=O) groups is 1. The third kappa shape index (κ3) is 4.21. The standard InChI is InChI=1S/C15H27N3O/c1-4-15(5-2,12-16)14(19)17-13(3)11-18-9-7-6-8-10-18/h13H,4-11H2,1-3H3,(H,17,19). The van der Waals surface area contributed by atoms with Gasteiger partial charge < -0.3 is 10.2 Å². The van der Waals surface area contributed by atoms with E-state index in [4.69, 9.17) is 0 Å². The van der Waals surface area contributed by atoms with E-state index < -0.39 is 5.41 Å². The number of amides is 1. The zero-order valence-corrected chi connectivity index (χ0v) is 12.5. The van der Waals surface area contributed by atoms with Crippen LogP contribution in [0.5, 0.6) is 0 Å². The molecule has 0 saturated carbocycles. The first-order chi connectivity index (χ1) is 9.07. The van der Waals surface area contributed by atoms with Crippen molar-refractivity contribution >= 4 is 5.91 Å². The van der Waals surface area contributed by atoms with E-state index in [-0.39, 0.29) is 11.9 Å². The smallest absolute Gasteiger partial charge is 0.240 e. The van der Waals surface area contributed by atoms with Crippen molar-refractivity contribution in [3.63, 3.8) is 0 Å². The number of nitrogens with zero attached hydrogens (tertiary/aromatic N) is 2. The van der Waals surface area contributed by atoms with Crippen molar-refractivity contribution in [3.8, 4) is 6.07 Å². The summed E-state index contributed by atoms with van der Waals surface area (Å²) in [6, 6.07) is 2.31. The summed E-state index contributed by atoms with van der Waals surface area (Å²) in [7, 11) is 0. The zero-order chi connectivity index (χ0) is 14.3. The van der Waals surface area contributed by atoms with Crippen LogP contribution >= 0.6 is 0 Å². The fourth-order valence-electron chi connectivity index (χ4n) is 2.72. The van der Waals surface area contributed by atoms with Crippen LogP contribution in [-0.2, 0) is 4.79 Å². The largest absolute Gasteiger partial charge is 0.351 e. The molecule has 19 heavy (non-hydrogen) atoms. The average molecular weight is 265 g/mol. The maximum atomic E-state index is 12.3. The molecule has 4 nitrogen and oxygen atoms in total. The summed E-state index contributed by atoms with van der Waals surface area (Å²) < 4.78 is 0. The van der Waals surface area contributed by atoms with E-state index in [1.54, 1.807) is 0 Å². The van der Waals surface area contributed by atoms with Crippen molar-refractivity contribution in [1.29, 1.82) is 5.26 Å². The number of rotatable bonds is 6. The second-order valence-corrected chi connectivity index (χ2v) is 5.64. The predicted octanol–water partition coefficient (Wildman–Crippen LogP) is 2.31. The number of hydrogen-bond acceptors (Lipinski definition) is 3. The minimum Gasteiger partial charge on any atom is -0.351 e. The molecular formula is C15H27N3O. The van der Waals surface area contributed by atoms with Gasteiger partial charge in [-0.1, -0.05) is 20.3 Å². The SMILES string of the molecule is CCC(C#N)(CC)C(=O)NC(C)CN1CCCCC1. The van der Waals surface area contributed by atoms with Crippen molar-refractivity contribution in [2.24, 2.45) is 5.41 Å². The van der Waals surface area contributed by atoms with E-state index in [0.717, 1.165) is 19.6 Å². The van der Waals surface area contributed by atoms with Crippen molar-refractivity contribution < 1.29 is 4.79 Å². The molecular weight excluding hydrogens is 238 g/mol. The monoisotopic (exact) mass is 265 g/mol. The molecule has 4 heteroatoms. The molecule has 1 aliphatic heterocycles. The second kappa shape index (κ2) is 7.49. The van der Waals surface area contributed by atoms with Crippen LogP contribution < -0.4 is 5.32 Å². The van der Waals surface area contributed by atoms with Crippen LogP contribution in [0.4, 0.5) is 0 Å². The van der Waals surface area contributed by atoms with Gasteiger partial charge in [-0.3, -0.25) is 4.79 Å². The normalized spacial score (nSPS) is 18.6. The van der Waals surface area contributed by atoms with Gasteiger partial charge in [-0.15, -0.1) is 0 Å². The van der Waals surface area contributed by atoms with Gasteiger partial charge in [0.25, 0.3) is 0 Å². The maximum Gasteiger partial charge on any atom is 0.240 e. The molecule has 1 N–H and O–H groups in total. The van der Waals surface area contributed by atoms with Crippen LogP contribution in [0.15, 0.2) is 0 Å². The summed E-state index contributed by atoms with van der Waals surface area (Å²) in [5.41, 5.74) is -0.851. The molecule has 0 aromatic heterocycles. The Morgan fingerprint density at radius 2 is 1.89 bits per heavy atom. The van der Waals surface area contributed by atoms with Gasteiger partial charge in [-0.05, 0) is 45.7 Å². The van der Waals surface area contributed by atoms with Crippen LogP contribution in [-0.4, -0.2) is 36.5 Å². The molecule has 0 bridgehead atoms. The van der Waals surface area contributed by atoms with Gasteiger partial charge in [0.15, 0.2) is 0 Å². The van der Waals surface area contributed by atoms with Crippen LogP contribution in [0.3, 0.4) is 0 Å². The zero-order valence-electron chi connectivity index (χ0n) is 12.5. The van der Waals surface area contributed by atoms with E-state index >= 15 is 0 Å². The number of nitriles is 1. The van der Waals surface area contributed by atoms with E-state index in [9.17, 15) is 10.1 Å². The van der Waals surface area contributed by atoms with Crippen LogP contribution in [0, 0.1) is 16.7 Å². The Labute approximate surface area is 117 Å². The van der Waals surface area contributed by atoms with Gasteiger partial charge in [0.1, 0.15) is 5.41 Å². The number of likely N-dealkylation sites (tertiary alicyclic amines) is 1. The number of piperidine rings is 1. The first kappa shape index (κ1) is 16.0. The highest BCUT2D eigenvalue weighted by molar-refractivity contribution is 5.85. The molecule has 0 spiro atoms. The fourth-order valence-corrected chi connectivity index (χ4v) is 2.72. The summed E-state index contributed by atoms with van der Waals surface area (Å²) in [6.45, 7) is 8.99. The van der Waals surface area contributed by atoms with Crippen LogP contribution in [0.25, 0.3) is 0 Å². The minimum atomic E-state index is -0.851. The van der Waals surface area contributed by atoms with E-state index in [2.05, 4.69) is 16.3 Å².